The molecule has 0 fully saturated rings. The second kappa shape index (κ2) is 5.91. The number of carboxylic acids is 1. The standard InChI is InChI=1S/C12H13N5O3/c1-8(6-11(18)19)14-12(20)9-4-2-3-5-10(9)17-7-13-15-16-17/h2-5,7-8H,6H2,1H3,(H,14,20)(H,18,19). The molecule has 1 aromatic carbocycles. The number of carbonyl (C=O) groups excluding carboxylic acids is 1. The number of hydrogen-bond donors (Lipinski definition) is 2. The molecule has 0 bridgehead atoms. The molecule has 0 saturated heterocycles. The number of hydrogen-bond acceptors (Lipinski definition) is 5. The van der Waals surface area contributed by atoms with E-state index >= 15 is 0 Å². The number of para-hydroxylation sites is 1. The maximum absolute atomic E-state index is 12.2. The van der Waals surface area contributed by atoms with Crippen molar-refractivity contribution in [1.82, 2.24) is 25.5 Å². The molecule has 8 nitrogen and oxygen atoms in total. The third kappa shape index (κ3) is 3.16. The summed E-state index contributed by atoms with van der Waals surface area (Å²) in [5.41, 5.74) is 0.898. The summed E-state index contributed by atoms with van der Waals surface area (Å²) in [4.78, 5) is 22.8. The van der Waals surface area contributed by atoms with Crippen LogP contribution in [0.3, 0.4) is 0 Å². The largest absolute Gasteiger partial charge is 0.481 e. The van der Waals surface area contributed by atoms with E-state index in [1.807, 2.05) is 0 Å². The zero-order chi connectivity index (χ0) is 14.5. The number of benzene rings is 1. The van der Waals surface area contributed by atoms with Gasteiger partial charge in [0.15, 0.2) is 0 Å². The molecular weight excluding hydrogens is 262 g/mol. The van der Waals surface area contributed by atoms with Crippen LogP contribution < -0.4 is 5.32 Å². The topological polar surface area (TPSA) is 110 Å². The number of aromatic nitrogens is 4. The van der Waals surface area contributed by atoms with E-state index in [1.54, 1.807) is 31.2 Å². The van der Waals surface area contributed by atoms with Crippen molar-refractivity contribution in [3.05, 3.63) is 36.2 Å². The summed E-state index contributed by atoms with van der Waals surface area (Å²) in [5.74, 6) is -1.34. The average Bonchev–Trinajstić information content (AvgIpc) is 2.91. The van der Waals surface area contributed by atoms with Crippen molar-refractivity contribution in [3.63, 3.8) is 0 Å². The highest BCUT2D eigenvalue weighted by Crippen LogP contribution is 2.12. The number of carboxylic acid groups (broad SMARTS) is 1. The van der Waals surface area contributed by atoms with Gasteiger partial charge in [-0.05, 0) is 29.5 Å². The van der Waals surface area contributed by atoms with Gasteiger partial charge in [0.1, 0.15) is 6.33 Å². The Hall–Kier alpha value is -2.77. The van der Waals surface area contributed by atoms with Crippen LogP contribution in [0.1, 0.15) is 23.7 Å². The van der Waals surface area contributed by atoms with Crippen LogP contribution in [-0.2, 0) is 4.79 Å². The van der Waals surface area contributed by atoms with Gasteiger partial charge in [0.05, 0.1) is 17.7 Å². The van der Waals surface area contributed by atoms with Crippen molar-refractivity contribution in [2.75, 3.05) is 0 Å². The van der Waals surface area contributed by atoms with Gasteiger partial charge >= 0.3 is 5.97 Å². The minimum Gasteiger partial charge on any atom is -0.481 e. The normalized spacial score (nSPS) is 11.8. The van der Waals surface area contributed by atoms with Crippen LogP contribution in [0.25, 0.3) is 5.69 Å². The van der Waals surface area contributed by atoms with Gasteiger partial charge in [0.2, 0.25) is 0 Å². The van der Waals surface area contributed by atoms with E-state index in [4.69, 9.17) is 5.11 Å². The van der Waals surface area contributed by atoms with E-state index in [1.165, 1.54) is 11.0 Å². The second-order valence-corrected chi connectivity index (χ2v) is 4.24. The lowest BCUT2D eigenvalue weighted by molar-refractivity contribution is -0.137. The number of tetrazole rings is 1. The summed E-state index contributed by atoms with van der Waals surface area (Å²) in [6.45, 7) is 1.63. The third-order valence-electron chi connectivity index (χ3n) is 2.60. The number of aliphatic carboxylic acids is 1. The van der Waals surface area contributed by atoms with Crippen LogP contribution in [0.5, 0.6) is 0 Å². The summed E-state index contributed by atoms with van der Waals surface area (Å²) >= 11 is 0. The third-order valence-corrected chi connectivity index (χ3v) is 2.60. The molecular formula is C12H13N5O3. The number of amides is 1. The Labute approximate surface area is 114 Å². The minimum absolute atomic E-state index is 0.140. The molecule has 0 saturated carbocycles. The number of rotatable bonds is 5. The highest BCUT2D eigenvalue weighted by molar-refractivity contribution is 5.98. The van der Waals surface area contributed by atoms with Crippen LogP contribution in [-0.4, -0.2) is 43.2 Å². The van der Waals surface area contributed by atoms with Crippen LogP contribution in [0.15, 0.2) is 30.6 Å². The van der Waals surface area contributed by atoms with Crippen molar-refractivity contribution < 1.29 is 14.7 Å². The van der Waals surface area contributed by atoms with Gasteiger partial charge in [0, 0.05) is 6.04 Å². The monoisotopic (exact) mass is 275 g/mol. The zero-order valence-corrected chi connectivity index (χ0v) is 10.7. The maximum Gasteiger partial charge on any atom is 0.305 e. The van der Waals surface area contributed by atoms with E-state index in [9.17, 15) is 9.59 Å². The molecule has 8 heteroatoms. The number of carbonyl (C=O) groups is 2. The molecule has 0 aliphatic carbocycles. The lowest BCUT2D eigenvalue weighted by Crippen LogP contribution is -2.34. The van der Waals surface area contributed by atoms with Gasteiger partial charge in [-0.1, -0.05) is 12.1 Å². The fourth-order valence-electron chi connectivity index (χ4n) is 1.75. The van der Waals surface area contributed by atoms with Gasteiger partial charge in [-0.2, -0.15) is 4.68 Å². The zero-order valence-electron chi connectivity index (χ0n) is 10.7. The Morgan fingerprint density at radius 3 is 2.80 bits per heavy atom. The first-order valence-corrected chi connectivity index (χ1v) is 5.93. The highest BCUT2D eigenvalue weighted by Gasteiger charge is 2.16. The summed E-state index contributed by atoms with van der Waals surface area (Å²) in [6, 6.07) is 6.33. The molecule has 20 heavy (non-hydrogen) atoms. The first kappa shape index (κ1) is 13.7. The lowest BCUT2D eigenvalue weighted by Gasteiger charge is -2.13. The summed E-state index contributed by atoms with van der Waals surface area (Å²) in [5, 5.41) is 22.1. The van der Waals surface area contributed by atoms with Crippen molar-refractivity contribution in [2.45, 2.75) is 19.4 Å². The number of nitrogens with zero attached hydrogens (tertiary/aromatic N) is 4. The smallest absolute Gasteiger partial charge is 0.305 e. The fraction of sp³-hybridized carbons (Fsp3) is 0.250. The van der Waals surface area contributed by atoms with E-state index in [2.05, 4.69) is 20.8 Å². The molecule has 2 N–H and O–H groups in total. The molecule has 1 unspecified atom stereocenters. The molecule has 2 aromatic rings. The predicted molar refractivity (Wildman–Crippen MR) is 68.3 cm³/mol. The first-order valence-electron chi connectivity index (χ1n) is 5.93. The summed E-state index contributed by atoms with van der Waals surface area (Å²) in [6.07, 6.45) is 1.24. The molecule has 1 aromatic heterocycles. The second-order valence-electron chi connectivity index (χ2n) is 4.24. The average molecular weight is 275 g/mol. The maximum atomic E-state index is 12.2. The quantitative estimate of drug-likeness (QED) is 0.809. The van der Waals surface area contributed by atoms with E-state index < -0.39 is 12.0 Å². The molecule has 0 radical (unpaired) electrons. The first-order chi connectivity index (χ1) is 9.58. The molecule has 1 amide bonds. The van der Waals surface area contributed by atoms with E-state index in [0.717, 1.165) is 0 Å². The van der Waals surface area contributed by atoms with Gasteiger partial charge in [-0.3, -0.25) is 9.59 Å². The molecule has 0 spiro atoms. The SMILES string of the molecule is CC(CC(=O)O)NC(=O)c1ccccc1-n1cnnn1. The highest BCUT2D eigenvalue weighted by atomic mass is 16.4. The van der Waals surface area contributed by atoms with Crippen LogP contribution in [0.4, 0.5) is 0 Å². The van der Waals surface area contributed by atoms with Crippen molar-refractivity contribution >= 4 is 11.9 Å². The molecule has 2 rings (SSSR count). The van der Waals surface area contributed by atoms with Gasteiger partial charge in [0.25, 0.3) is 5.91 Å². The van der Waals surface area contributed by atoms with Crippen molar-refractivity contribution in [3.8, 4) is 5.69 Å². The van der Waals surface area contributed by atoms with Crippen molar-refractivity contribution in [2.24, 2.45) is 0 Å². The van der Waals surface area contributed by atoms with Gasteiger partial charge in [-0.15, -0.1) is 5.10 Å². The summed E-state index contributed by atoms with van der Waals surface area (Å²) in [7, 11) is 0. The van der Waals surface area contributed by atoms with Crippen LogP contribution >= 0.6 is 0 Å². The predicted octanol–water partition coefficient (Wildman–Crippen LogP) is 0.255. The van der Waals surface area contributed by atoms with Gasteiger partial charge < -0.3 is 10.4 Å². The van der Waals surface area contributed by atoms with Crippen molar-refractivity contribution in [1.29, 1.82) is 0 Å². The Morgan fingerprint density at radius 1 is 1.40 bits per heavy atom. The fourth-order valence-corrected chi connectivity index (χ4v) is 1.75. The molecule has 104 valence electrons. The van der Waals surface area contributed by atoms with Crippen LogP contribution in [0.2, 0.25) is 0 Å². The Kier molecular flexibility index (Phi) is 4.04. The van der Waals surface area contributed by atoms with E-state index in [-0.39, 0.29) is 12.3 Å². The molecule has 1 heterocycles. The van der Waals surface area contributed by atoms with Crippen LogP contribution in [0, 0.1) is 0 Å². The molecule has 0 aliphatic rings. The van der Waals surface area contributed by atoms with E-state index in [0.29, 0.717) is 11.3 Å². The molecule has 0 aliphatic heterocycles. The Bertz CT molecular complexity index is 611. The minimum atomic E-state index is -0.966. The lowest BCUT2D eigenvalue weighted by atomic mass is 10.1. The van der Waals surface area contributed by atoms with Gasteiger partial charge in [-0.25, -0.2) is 0 Å². The Morgan fingerprint density at radius 2 is 2.15 bits per heavy atom. The Balaban J connectivity index is 2.20. The summed E-state index contributed by atoms with van der Waals surface area (Å²) < 4.78 is 1.37. The number of nitrogens with one attached hydrogen (secondary N) is 1. The molecule has 1 atom stereocenters.